The first-order valence-corrected chi connectivity index (χ1v) is 6.44. The lowest BCUT2D eigenvalue weighted by molar-refractivity contribution is -0.127. The van der Waals surface area contributed by atoms with Crippen LogP contribution in [-0.4, -0.2) is 42.9 Å². The van der Waals surface area contributed by atoms with Crippen LogP contribution in [0.1, 0.15) is 24.3 Å². The smallest absolute Gasteiger partial charge is 0.241 e. The maximum atomic E-state index is 11.7. The monoisotopic (exact) mass is 254 g/mol. The summed E-state index contributed by atoms with van der Waals surface area (Å²) >= 11 is 1.39. The van der Waals surface area contributed by atoms with Crippen molar-refractivity contribution in [1.29, 1.82) is 0 Å². The molecule has 1 amide bonds. The molecule has 0 aliphatic heterocycles. The van der Waals surface area contributed by atoms with Gasteiger partial charge in [0.15, 0.2) is 0 Å². The van der Waals surface area contributed by atoms with Gasteiger partial charge in [0.2, 0.25) is 5.91 Å². The van der Waals surface area contributed by atoms with Crippen LogP contribution in [0.15, 0.2) is 0 Å². The Balaban J connectivity index is 2.13. The summed E-state index contributed by atoms with van der Waals surface area (Å²) in [4.78, 5) is 15.2. The molecule has 94 valence electrons. The quantitative estimate of drug-likeness (QED) is 0.875. The van der Waals surface area contributed by atoms with Gasteiger partial charge < -0.3 is 15.5 Å². The molecule has 1 aliphatic carbocycles. The van der Waals surface area contributed by atoms with Gasteiger partial charge in [0.1, 0.15) is 10.8 Å². The Morgan fingerprint density at radius 2 is 2.12 bits per heavy atom. The zero-order valence-electron chi connectivity index (χ0n) is 10.4. The third-order valence-corrected chi connectivity index (χ3v) is 3.93. The predicted molar refractivity (Wildman–Crippen MR) is 70.5 cm³/mol. The summed E-state index contributed by atoms with van der Waals surface area (Å²) in [6.45, 7) is 0.369. The molecule has 0 radical (unpaired) electrons. The number of hydrogen-bond donors (Lipinski definition) is 1. The first kappa shape index (κ1) is 12.2. The highest BCUT2D eigenvalue weighted by molar-refractivity contribution is 7.10. The maximum absolute atomic E-state index is 11.7. The van der Waals surface area contributed by atoms with Crippen LogP contribution >= 0.6 is 11.5 Å². The molecule has 0 atom stereocenters. The van der Waals surface area contributed by atoms with Gasteiger partial charge >= 0.3 is 0 Å². The fraction of sp³-hybridized carbons (Fsp3) is 0.636. The number of hydrogen-bond acceptors (Lipinski definition) is 5. The van der Waals surface area contributed by atoms with Crippen LogP contribution in [-0.2, 0) is 4.79 Å². The van der Waals surface area contributed by atoms with Gasteiger partial charge in [0, 0.05) is 26.7 Å². The zero-order valence-corrected chi connectivity index (χ0v) is 11.3. The number of nitrogens with two attached hydrogens (primary N) is 1. The molecule has 0 saturated heterocycles. The minimum Gasteiger partial charge on any atom is -0.383 e. The van der Waals surface area contributed by atoms with Crippen molar-refractivity contribution in [1.82, 2.24) is 9.27 Å². The Morgan fingerprint density at radius 3 is 2.65 bits per heavy atom. The van der Waals surface area contributed by atoms with Crippen molar-refractivity contribution in [2.45, 2.75) is 18.8 Å². The van der Waals surface area contributed by atoms with Crippen molar-refractivity contribution in [3.8, 4) is 0 Å². The lowest BCUT2D eigenvalue weighted by Gasteiger charge is -2.20. The lowest BCUT2D eigenvalue weighted by atomic mass is 10.2. The zero-order chi connectivity index (χ0) is 12.6. The molecule has 0 spiro atoms. The van der Waals surface area contributed by atoms with E-state index < -0.39 is 0 Å². The van der Waals surface area contributed by atoms with E-state index in [1.165, 1.54) is 24.4 Å². The van der Waals surface area contributed by atoms with E-state index in [0.717, 1.165) is 10.6 Å². The van der Waals surface area contributed by atoms with Crippen molar-refractivity contribution >= 4 is 28.3 Å². The number of anilines is 2. The summed E-state index contributed by atoms with van der Waals surface area (Å²) in [5.74, 6) is 1.28. The van der Waals surface area contributed by atoms with Gasteiger partial charge in [0.05, 0.1) is 6.54 Å². The van der Waals surface area contributed by atoms with Gasteiger partial charge in [-0.1, -0.05) is 0 Å². The van der Waals surface area contributed by atoms with E-state index in [-0.39, 0.29) is 5.91 Å². The molecular formula is C11H18N4OS. The number of carbonyl (C=O) groups is 1. The molecule has 0 bridgehead atoms. The number of amides is 1. The standard InChI is InChI=1S/C11H18N4OS/c1-14(2)8(16)6-15(3)11-9(7-4-5-7)10(12)13-17-11/h7H,4-6H2,1-3H3,(H2,12,13). The normalized spacial score (nSPS) is 14.8. The van der Waals surface area contributed by atoms with Gasteiger partial charge in [0.25, 0.3) is 0 Å². The first-order chi connectivity index (χ1) is 8.00. The molecule has 17 heavy (non-hydrogen) atoms. The number of aromatic nitrogens is 1. The topological polar surface area (TPSA) is 62.5 Å². The van der Waals surface area contributed by atoms with Gasteiger partial charge in [-0.3, -0.25) is 4.79 Å². The average Bonchev–Trinajstić information content (AvgIpc) is 3.01. The minimum absolute atomic E-state index is 0.0845. The van der Waals surface area contributed by atoms with Crippen molar-refractivity contribution < 1.29 is 4.79 Å². The molecular weight excluding hydrogens is 236 g/mol. The fourth-order valence-electron chi connectivity index (χ4n) is 1.75. The summed E-state index contributed by atoms with van der Waals surface area (Å²) in [6.07, 6.45) is 2.37. The Labute approximate surface area is 105 Å². The van der Waals surface area contributed by atoms with Crippen molar-refractivity contribution in [2.75, 3.05) is 38.3 Å². The highest BCUT2D eigenvalue weighted by Gasteiger charge is 2.31. The number of rotatable bonds is 4. The molecule has 1 saturated carbocycles. The average molecular weight is 254 g/mol. The fourth-order valence-corrected chi connectivity index (χ4v) is 2.60. The largest absolute Gasteiger partial charge is 0.383 e. The highest BCUT2D eigenvalue weighted by atomic mass is 32.1. The van der Waals surface area contributed by atoms with Crippen molar-refractivity contribution in [2.24, 2.45) is 0 Å². The molecule has 1 heterocycles. The van der Waals surface area contributed by atoms with Crippen LogP contribution in [0.4, 0.5) is 10.8 Å². The van der Waals surface area contributed by atoms with Crippen LogP contribution < -0.4 is 10.6 Å². The Bertz CT molecular complexity index is 425. The molecule has 1 aromatic rings. The molecule has 2 rings (SSSR count). The van der Waals surface area contributed by atoms with Crippen LogP contribution in [0.25, 0.3) is 0 Å². The van der Waals surface area contributed by atoms with Gasteiger partial charge in [-0.05, 0) is 30.3 Å². The highest BCUT2D eigenvalue weighted by Crippen LogP contribution is 2.48. The Morgan fingerprint density at radius 1 is 1.47 bits per heavy atom. The molecule has 1 aromatic heterocycles. The number of nitrogens with zero attached hydrogens (tertiary/aromatic N) is 3. The molecule has 2 N–H and O–H groups in total. The van der Waals surface area contributed by atoms with Crippen LogP contribution in [0.3, 0.4) is 0 Å². The summed E-state index contributed by atoms with van der Waals surface area (Å²) in [7, 11) is 5.44. The number of likely N-dealkylation sites (N-methyl/N-ethyl adjacent to an activating group) is 2. The van der Waals surface area contributed by atoms with Crippen molar-refractivity contribution in [3.63, 3.8) is 0 Å². The lowest BCUT2D eigenvalue weighted by Crippen LogP contribution is -2.34. The van der Waals surface area contributed by atoms with E-state index in [9.17, 15) is 4.79 Å². The van der Waals surface area contributed by atoms with Crippen molar-refractivity contribution in [3.05, 3.63) is 5.56 Å². The second kappa shape index (κ2) is 4.52. The van der Waals surface area contributed by atoms with Gasteiger partial charge in [-0.25, -0.2) is 0 Å². The maximum Gasteiger partial charge on any atom is 0.241 e. The molecule has 0 unspecified atom stereocenters. The number of carbonyl (C=O) groups excluding carboxylic acids is 1. The Hall–Kier alpha value is -1.30. The molecule has 6 heteroatoms. The summed E-state index contributed by atoms with van der Waals surface area (Å²) < 4.78 is 4.20. The van der Waals surface area contributed by atoms with Gasteiger partial charge in [-0.2, -0.15) is 4.37 Å². The third-order valence-electron chi connectivity index (χ3n) is 2.94. The van der Waals surface area contributed by atoms with Crippen LogP contribution in [0.5, 0.6) is 0 Å². The summed E-state index contributed by atoms with van der Waals surface area (Å²) in [5, 5.41) is 1.04. The van der Waals surface area contributed by atoms with Gasteiger partial charge in [-0.15, -0.1) is 0 Å². The SMILES string of the molecule is CN(C)C(=O)CN(C)c1snc(N)c1C1CC1. The molecule has 0 aromatic carbocycles. The van der Waals surface area contributed by atoms with E-state index in [2.05, 4.69) is 4.37 Å². The van der Waals surface area contributed by atoms with Crippen LogP contribution in [0.2, 0.25) is 0 Å². The van der Waals surface area contributed by atoms with E-state index in [0.29, 0.717) is 18.3 Å². The molecule has 1 fully saturated rings. The predicted octanol–water partition coefficient (Wildman–Crippen LogP) is 1.13. The minimum atomic E-state index is 0.0845. The first-order valence-electron chi connectivity index (χ1n) is 5.67. The van der Waals surface area contributed by atoms with E-state index in [4.69, 9.17) is 5.73 Å². The number of nitrogen functional groups attached to an aromatic ring is 1. The second-order valence-corrected chi connectivity index (χ2v) is 5.46. The molecule has 5 nitrogen and oxygen atoms in total. The van der Waals surface area contributed by atoms with E-state index in [1.54, 1.807) is 19.0 Å². The van der Waals surface area contributed by atoms with Crippen LogP contribution in [0, 0.1) is 0 Å². The molecule has 1 aliphatic rings. The van der Waals surface area contributed by atoms with E-state index in [1.807, 2.05) is 11.9 Å². The Kier molecular flexibility index (Phi) is 3.24. The second-order valence-electron chi connectivity index (χ2n) is 4.71. The van der Waals surface area contributed by atoms with E-state index >= 15 is 0 Å². The summed E-state index contributed by atoms with van der Waals surface area (Å²) in [6, 6.07) is 0. The summed E-state index contributed by atoms with van der Waals surface area (Å²) in [5.41, 5.74) is 7.03. The third kappa shape index (κ3) is 2.52.